The van der Waals surface area contributed by atoms with Crippen LogP contribution in [-0.4, -0.2) is 10.1 Å². The van der Waals surface area contributed by atoms with Gasteiger partial charge in [0.25, 0.3) is 0 Å². The van der Waals surface area contributed by atoms with Crippen LogP contribution in [-0.2, 0) is 6.18 Å². The molecule has 84 valence electrons. The third-order valence-corrected chi connectivity index (χ3v) is 1.84. The van der Waals surface area contributed by atoms with Crippen molar-refractivity contribution in [2.45, 2.75) is 6.18 Å². The average Bonchev–Trinajstić information content (AvgIpc) is 2.67. The van der Waals surface area contributed by atoms with Crippen molar-refractivity contribution in [1.29, 1.82) is 0 Å². The van der Waals surface area contributed by atoms with Crippen LogP contribution in [0.15, 0.2) is 28.8 Å². The monoisotopic (exact) mass is 229 g/mol. The van der Waals surface area contributed by atoms with Crippen LogP contribution in [0.1, 0.15) is 5.89 Å². The van der Waals surface area contributed by atoms with Crippen molar-refractivity contribution in [2.24, 2.45) is 0 Å². The highest BCUT2D eigenvalue weighted by Crippen LogP contribution is 2.29. The number of anilines is 1. The molecule has 1 heterocycles. The molecule has 1 aromatic carbocycles. The molecule has 1 aromatic heterocycles. The largest absolute Gasteiger partial charge is 0.471 e. The molecule has 16 heavy (non-hydrogen) atoms. The lowest BCUT2D eigenvalue weighted by molar-refractivity contribution is -0.159. The van der Waals surface area contributed by atoms with E-state index < -0.39 is 12.1 Å². The van der Waals surface area contributed by atoms with Crippen molar-refractivity contribution < 1.29 is 17.7 Å². The lowest BCUT2D eigenvalue weighted by Crippen LogP contribution is -2.04. The Hall–Kier alpha value is -2.05. The number of rotatable bonds is 1. The lowest BCUT2D eigenvalue weighted by Gasteiger charge is -1.96. The number of hydrogen-bond acceptors (Lipinski definition) is 4. The van der Waals surface area contributed by atoms with Gasteiger partial charge in [-0.05, 0) is 24.3 Å². The summed E-state index contributed by atoms with van der Waals surface area (Å²) in [5.41, 5.74) is 6.35. The molecule has 4 nitrogen and oxygen atoms in total. The van der Waals surface area contributed by atoms with Crippen LogP contribution in [0.3, 0.4) is 0 Å². The van der Waals surface area contributed by atoms with Crippen LogP contribution in [0.2, 0.25) is 0 Å². The summed E-state index contributed by atoms with van der Waals surface area (Å²) in [5.74, 6) is -1.48. The van der Waals surface area contributed by atoms with E-state index in [4.69, 9.17) is 5.73 Å². The summed E-state index contributed by atoms with van der Waals surface area (Å²) in [7, 11) is 0. The highest BCUT2D eigenvalue weighted by Gasteiger charge is 2.38. The molecule has 2 aromatic rings. The van der Waals surface area contributed by atoms with E-state index in [0.29, 0.717) is 11.3 Å². The van der Waals surface area contributed by atoms with Crippen molar-refractivity contribution in [2.75, 3.05) is 5.73 Å². The van der Waals surface area contributed by atoms with Gasteiger partial charge < -0.3 is 10.3 Å². The first-order chi connectivity index (χ1) is 7.47. The van der Waals surface area contributed by atoms with Gasteiger partial charge in [0.2, 0.25) is 5.82 Å². The van der Waals surface area contributed by atoms with Gasteiger partial charge in [-0.15, -0.1) is 0 Å². The second kappa shape index (κ2) is 3.51. The van der Waals surface area contributed by atoms with Gasteiger partial charge in [-0.2, -0.15) is 18.2 Å². The molecule has 0 radical (unpaired) electrons. The van der Waals surface area contributed by atoms with Gasteiger partial charge in [-0.1, -0.05) is 5.16 Å². The Morgan fingerprint density at radius 1 is 1.12 bits per heavy atom. The summed E-state index contributed by atoms with van der Waals surface area (Å²) in [6, 6.07) is 6.11. The molecular weight excluding hydrogens is 223 g/mol. The first kappa shape index (κ1) is 10.5. The molecule has 0 spiro atoms. The molecule has 0 unspecified atom stereocenters. The quantitative estimate of drug-likeness (QED) is 0.762. The van der Waals surface area contributed by atoms with Gasteiger partial charge in [0.1, 0.15) is 0 Å². The zero-order chi connectivity index (χ0) is 11.8. The Kier molecular flexibility index (Phi) is 2.30. The van der Waals surface area contributed by atoms with Crippen LogP contribution in [0.4, 0.5) is 18.9 Å². The molecule has 0 saturated heterocycles. The first-order valence-corrected chi connectivity index (χ1v) is 4.23. The number of nitrogens with zero attached hydrogens (tertiary/aromatic N) is 2. The molecule has 0 aliphatic rings. The summed E-state index contributed by atoms with van der Waals surface area (Å²) in [6.07, 6.45) is -4.63. The minimum absolute atomic E-state index is 0.118. The van der Waals surface area contributed by atoms with E-state index in [1.54, 1.807) is 12.1 Å². The van der Waals surface area contributed by atoms with Crippen LogP contribution < -0.4 is 5.73 Å². The fourth-order valence-corrected chi connectivity index (χ4v) is 1.09. The van der Waals surface area contributed by atoms with Crippen molar-refractivity contribution >= 4 is 5.69 Å². The zero-order valence-electron chi connectivity index (χ0n) is 7.82. The molecule has 0 aliphatic carbocycles. The lowest BCUT2D eigenvalue weighted by atomic mass is 10.2. The summed E-state index contributed by atoms with van der Waals surface area (Å²) in [4.78, 5) is 3.24. The SMILES string of the molecule is Nc1ccc(-c2noc(C(F)(F)F)n2)cc1. The average molecular weight is 229 g/mol. The Balaban J connectivity index is 2.35. The van der Waals surface area contributed by atoms with Crippen LogP contribution in [0.5, 0.6) is 0 Å². The van der Waals surface area contributed by atoms with Crippen molar-refractivity contribution in [3.05, 3.63) is 30.2 Å². The van der Waals surface area contributed by atoms with Crippen LogP contribution in [0.25, 0.3) is 11.4 Å². The number of alkyl halides is 3. The second-order valence-corrected chi connectivity index (χ2v) is 3.04. The number of halogens is 3. The molecule has 0 fully saturated rings. The number of nitrogens with two attached hydrogens (primary N) is 1. The van der Waals surface area contributed by atoms with Crippen molar-refractivity contribution in [1.82, 2.24) is 10.1 Å². The van der Waals surface area contributed by atoms with E-state index >= 15 is 0 Å². The van der Waals surface area contributed by atoms with E-state index in [-0.39, 0.29) is 5.82 Å². The first-order valence-electron chi connectivity index (χ1n) is 4.23. The molecule has 0 saturated carbocycles. The summed E-state index contributed by atoms with van der Waals surface area (Å²) < 4.78 is 40.6. The Morgan fingerprint density at radius 3 is 2.25 bits per heavy atom. The fraction of sp³-hybridized carbons (Fsp3) is 0.111. The number of nitrogen functional groups attached to an aromatic ring is 1. The van der Waals surface area contributed by atoms with Gasteiger partial charge >= 0.3 is 12.1 Å². The van der Waals surface area contributed by atoms with Gasteiger partial charge in [-0.25, -0.2) is 0 Å². The number of benzene rings is 1. The normalized spacial score (nSPS) is 11.7. The smallest absolute Gasteiger partial charge is 0.399 e. The van der Waals surface area contributed by atoms with Gasteiger partial charge in [0.15, 0.2) is 0 Å². The minimum atomic E-state index is -4.63. The van der Waals surface area contributed by atoms with Gasteiger partial charge in [0.05, 0.1) is 0 Å². The third-order valence-electron chi connectivity index (χ3n) is 1.84. The molecule has 0 bridgehead atoms. The summed E-state index contributed by atoms with van der Waals surface area (Å²) >= 11 is 0. The molecule has 0 aliphatic heterocycles. The van der Waals surface area contributed by atoms with E-state index in [1.165, 1.54) is 12.1 Å². The third kappa shape index (κ3) is 1.97. The maximum absolute atomic E-state index is 12.2. The molecule has 0 atom stereocenters. The van der Waals surface area contributed by atoms with Gasteiger partial charge in [-0.3, -0.25) is 0 Å². The molecule has 0 amide bonds. The van der Waals surface area contributed by atoms with Gasteiger partial charge in [0, 0.05) is 11.3 Å². The molecule has 2 rings (SSSR count). The zero-order valence-corrected chi connectivity index (χ0v) is 7.82. The standard InChI is InChI=1S/C9H6F3N3O/c10-9(11,12)8-14-7(15-16-8)5-1-3-6(13)4-2-5/h1-4H,13H2. The maximum Gasteiger partial charge on any atom is 0.471 e. The topological polar surface area (TPSA) is 64.9 Å². The highest BCUT2D eigenvalue weighted by atomic mass is 19.4. The summed E-state index contributed by atoms with van der Waals surface area (Å²) in [5, 5.41) is 3.24. The Bertz CT molecular complexity index is 489. The Labute approximate surface area is 87.9 Å². The van der Waals surface area contributed by atoms with E-state index in [0.717, 1.165) is 0 Å². The van der Waals surface area contributed by atoms with E-state index in [9.17, 15) is 13.2 Å². The molecule has 2 N–H and O–H groups in total. The van der Waals surface area contributed by atoms with Crippen LogP contribution >= 0.6 is 0 Å². The maximum atomic E-state index is 12.2. The number of hydrogen-bond donors (Lipinski definition) is 1. The van der Waals surface area contributed by atoms with Crippen LogP contribution in [0, 0.1) is 0 Å². The van der Waals surface area contributed by atoms with Crippen molar-refractivity contribution in [3.63, 3.8) is 0 Å². The molecular formula is C9H6F3N3O. The predicted molar refractivity (Wildman–Crippen MR) is 49.1 cm³/mol. The van der Waals surface area contributed by atoms with Crippen molar-refractivity contribution in [3.8, 4) is 11.4 Å². The number of aromatic nitrogens is 2. The predicted octanol–water partition coefficient (Wildman–Crippen LogP) is 2.34. The minimum Gasteiger partial charge on any atom is -0.399 e. The molecule has 7 heteroatoms. The fourth-order valence-electron chi connectivity index (χ4n) is 1.09. The van der Waals surface area contributed by atoms with E-state index in [2.05, 4.69) is 14.7 Å². The second-order valence-electron chi connectivity index (χ2n) is 3.04. The summed E-state index contributed by atoms with van der Waals surface area (Å²) in [6.45, 7) is 0. The highest BCUT2D eigenvalue weighted by molar-refractivity contribution is 5.57. The van der Waals surface area contributed by atoms with E-state index in [1.807, 2.05) is 0 Å². The Morgan fingerprint density at radius 2 is 1.75 bits per heavy atom.